The highest BCUT2D eigenvalue weighted by molar-refractivity contribution is 6.37. The van der Waals surface area contributed by atoms with E-state index in [2.05, 4.69) is 4.98 Å². The lowest BCUT2D eigenvalue weighted by molar-refractivity contribution is 0.0476. The Morgan fingerprint density at radius 2 is 1.38 bits per heavy atom. The Morgan fingerprint density at radius 3 is 2.05 bits per heavy atom. The molecule has 0 atom stereocenters. The third-order valence-corrected chi connectivity index (χ3v) is 7.55. The Bertz CT molecular complexity index is 1920. The molecule has 0 fully saturated rings. The molecule has 0 saturated heterocycles. The summed E-state index contributed by atoms with van der Waals surface area (Å²) in [5, 5.41) is 1.35. The minimum Gasteiger partial charge on any atom is -0.454 e. The second-order valence-electron chi connectivity index (χ2n) is 9.38. The van der Waals surface area contributed by atoms with Crippen LogP contribution in [0.15, 0.2) is 91.0 Å². The number of nitrogens with zero attached hydrogens (tertiary/aromatic N) is 2. The molecule has 0 aliphatic carbocycles. The van der Waals surface area contributed by atoms with Crippen LogP contribution in [0.4, 0.5) is 5.69 Å². The van der Waals surface area contributed by atoms with Gasteiger partial charge in [0.1, 0.15) is 0 Å². The van der Waals surface area contributed by atoms with Crippen LogP contribution in [0.5, 0.6) is 0 Å². The third kappa shape index (κ3) is 5.03. The lowest BCUT2D eigenvalue weighted by Crippen LogP contribution is -2.29. The van der Waals surface area contributed by atoms with Crippen LogP contribution < -0.4 is 4.90 Å². The molecule has 5 aromatic rings. The van der Waals surface area contributed by atoms with Gasteiger partial charge in [0.05, 0.1) is 38.6 Å². The van der Waals surface area contributed by atoms with Crippen molar-refractivity contribution >= 4 is 75.0 Å². The van der Waals surface area contributed by atoms with Crippen molar-refractivity contribution in [1.29, 1.82) is 0 Å². The fourth-order valence-corrected chi connectivity index (χ4v) is 5.41. The predicted molar refractivity (Wildman–Crippen MR) is 161 cm³/mol. The monoisotopic (exact) mass is 614 g/mol. The van der Waals surface area contributed by atoms with E-state index in [1.54, 1.807) is 66.7 Å². The summed E-state index contributed by atoms with van der Waals surface area (Å²) in [7, 11) is 0. The number of ketones is 1. The summed E-state index contributed by atoms with van der Waals surface area (Å²) in [6, 6.07) is 24.2. The molecule has 10 heteroatoms. The molecule has 6 rings (SSSR count). The minimum atomic E-state index is -0.757. The Hall–Kier alpha value is -4.56. The van der Waals surface area contributed by atoms with Crippen LogP contribution in [-0.2, 0) is 4.74 Å². The molecule has 2 heterocycles. The van der Waals surface area contributed by atoms with Crippen LogP contribution in [0.1, 0.15) is 41.4 Å². The van der Waals surface area contributed by atoms with Crippen molar-refractivity contribution < 1.29 is 23.9 Å². The predicted octanol–water partition coefficient (Wildman–Crippen LogP) is 7.70. The van der Waals surface area contributed by atoms with Crippen molar-refractivity contribution in [1.82, 2.24) is 4.98 Å². The quantitative estimate of drug-likeness (QED) is 0.110. The number of hydrogen-bond acceptors (Lipinski definition) is 6. The van der Waals surface area contributed by atoms with Gasteiger partial charge in [0.2, 0.25) is 5.78 Å². The molecule has 1 aliphatic rings. The fraction of sp³-hybridized carbons (Fsp3) is 0.0312. The van der Waals surface area contributed by atoms with Gasteiger partial charge in [0, 0.05) is 26.6 Å². The zero-order chi connectivity index (χ0) is 29.5. The molecule has 0 radical (unpaired) electrons. The van der Waals surface area contributed by atoms with Crippen LogP contribution in [0.3, 0.4) is 0 Å². The largest absolute Gasteiger partial charge is 0.454 e. The highest BCUT2D eigenvalue weighted by Crippen LogP contribution is 2.32. The first-order valence-corrected chi connectivity index (χ1v) is 13.7. The number of benzene rings is 4. The molecule has 42 heavy (non-hydrogen) atoms. The number of anilines is 1. The molecular formula is C32H17Cl3N2O5. The minimum absolute atomic E-state index is 0.150. The Morgan fingerprint density at radius 1 is 0.738 bits per heavy atom. The van der Waals surface area contributed by atoms with Crippen molar-refractivity contribution in [3.8, 4) is 11.3 Å². The van der Waals surface area contributed by atoms with E-state index in [0.717, 1.165) is 4.90 Å². The van der Waals surface area contributed by atoms with Gasteiger partial charge >= 0.3 is 5.97 Å². The second-order valence-corrected chi connectivity index (χ2v) is 10.7. The molecule has 1 aromatic heterocycles. The lowest BCUT2D eigenvalue weighted by atomic mass is 10.0. The van der Waals surface area contributed by atoms with Crippen LogP contribution in [0.2, 0.25) is 15.1 Å². The van der Waals surface area contributed by atoms with E-state index < -0.39 is 30.2 Å². The van der Waals surface area contributed by atoms with Crippen LogP contribution >= 0.6 is 34.8 Å². The Kier molecular flexibility index (Phi) is 7.24. The maximum atomic E-state index is 13.3. The number of esters is 1. The molecule has 206 valence electrons. The van der Waals surface area contributed by atoms with E-state index in [1.807, 2.05) is 0 Å². The molecule has 2 amide bonds. The second kappa shape index (κ2) is 11.0. The average molecular weight is 616 g/mol. The van der Waals surface area contributed by atoms with Gasteiger partial charge in [-0.3, -0.25) is 14.4 Å². The van der Waals surface area contributed by atoms with Crippen molar-refractivity contribution in [3.05, 3.63) is 128 Å². The van der Waals surface area contributed by atoms with E-state index in [4.69, 9.17) is 39.5 Å². The number of halogens is 3. The molecule has 7 nitrogen and oxygen atoms in total. The topological polar surface area (TPSA) is 93.6 Å². The third-order valence-electron chi connectivity index (χ3n) is 6.77. The number of rotatable bonds is 6. The molecule has 0 N–H and O–H groups in total. The fourth-order valence-electron chi connectivity index (χ4n) is 4.72. The van der Waals surface area contributed by atoms with Gasteiger partial charge in [-0.2, -0.15) is 0 Å². The summed E-state index contributed by atoms with van der Waals surface area (Å²) in [6.07, 6.45) is 0. The Labute approximate surface area is 254 Å². The van der Waals surface area contributed by atoms with E-state index in [9.17, 15) is 19.2 Å². The number of imide groups is 1. The van der Waals surface area contributed by atoms with Crippen molar-refractivity contribution in [2.75, 3.05) is 11.5 Å². The standard InChI is InChI=1S/C32H17Cl3N2O5/c33-18-8-12-27-24(13-18)25(32(41)42-16-29(38)23-11-7-19(34)14-26(23)35)15-28(36-27)17-5-9-20(10-6-17)37-30(39)21-3-1-2-4-22(21)31(37)40/h1-15H,16H2. The number of carbonyl (C=O) groups excluding carboxylic acids is 4. The van der Waals surface area contributed by atoms with E-state index in [0.29, 0.717) is 49.0 Å². The van der Waals surface area contributed by atoms with Gasteiger partial charge in [-0.15, -0.1) is 0 Å². The SMILES string of the molecule is O=C(COC(=O)c1cc(-c2ccc(N3C(=O)c4ccccc4C3=O)cc2)nc2ccc(Cl)cc12)c1ccc(Cl)cc1Cl. The van der Waals surface area contributed by atoms with Gasteiger partial charge in [0.25, 0.3) is 11.8 Å². The molecule has 0 unspecified atom stereocenters. The summed E-state index contributed by atoms with van der Waals surface area (Å²) in [5.41, 5.74) is 2.94. The van der Waals surface area contributed by atoms with Crippen LogP contribution in [-0.4, -0.2) is 35.2 Å². The summed E-state index contributed by atoms with van der Waals surface area (Å²) in [4.78, 5) is 57.5. The van der Waals surface area contributed by atoms with Crippen molar-refractivity contribution in [2.45, 2.75) is 0 Å². The van der Waals surface area contributed by atoms with Crippen LogP contribution in [0, 0.1) is 0 Å². The molecular weight excluding hydrogens is 599 g/mol. The molecule has 0 spiro atoms. The number of fused-ring (bicyclic) bond motifs is 2. The van der Waals surface area contributed by atoms with E-state index in [1.165, 1.54) is 24.3 Å². The number of carbonyl (C=O) groups is 4. The van der Waals surface area contributed by atoms with Crippen molar-refractivity contribution in [2.24, 2.45) is 0 Å². The number of aromatic nitrogens is 1. The first-order valence-electron chi connectivity index (χ1n) is 12.5. The number of Topliss-reactive ketones (excluding diaryl/α,β-unsaturated/α-hetero) is 1. The molecule has 0 bridgehead atoms. The molecule has 0 saturated carbocycles. The summed E-state index contributed by atoms with van der Waals surface area (Å²) < 4.78 is 5.38. The molecule has 1 aliphatic heterocycles. The average Bonchev–Trinajstić information content (AvgIpc) is 3.24. The zero-order valence-electron chi connectivity index (χ0n) is 21.4. The maximum Gasteiger partial charge on any atom is 0.339 e. The van der Waals surface area contributed by atoms with Crippen LogP contribution in [0.25, 0.3) is 22.2 Å². The number of ether oxygens (including phenoxy) is 1. The van der Waals surface area contributed by atoms with E-state index >= 15 is 0 Å². The normalized spacial score (nSPS) is 12.5. The summed E-state index contributed by atoms with van der Waals surface area (Å²) in [6.45, 7) is -0.547. The lowest BCUT2D eigenvalue weighted by Gasteiger charge is -2.15. The highest BCUT2D eigenvalue weighted by atomic mass is 35.5. The Balaban J connectivity index is 1.30. The van der Waals surface area contributed by atoms with E-state index in [-0.39, 0.29) is 16.1 Å². The van der Waals surface area contributed by atoms with Gasteiger partial charge < -0.3 is 4.74 Å². The summed E-state index contributed by atoms with van der Waals surface area (Å²) in [5.74, 6) is -2.05. The smallest absolute Gasteiger partial charge is 0.339 e. The highest BCUT2D eigenvalue weighted by Gasteiger charge is 2.36. The van der Waals surface area contributed by atoms with Gasteiger partial charge in [-0.05, 0) is 66.7 Å². The number of amides is 2. The van der Waals surface area contributed by atoms with Gasteiger partial charge in [0.15, 0.2) is 6.61 Å². The van der Waals surface area contributed by atoms with Gasteiger partial charge in [-0.1, -0.05) is 59.1 Å². The summed E-state index contributed by atoms with van der Waals surface area (Å²) >= 11 is 18.2. The van der Waals surface area contributed by atoms with Gasteiger partial charge in [-0.25, -0.2) is 14.7 Å². The van der Waals surface area contributed by atoms with Crippen molar-refractivity contribution in [3.63, 3.8) is 0 Å². The first kappa shape index (κ1) is 27.6. The first-order chi connectivity index (χ1) is 20.2. The molecule has 4 aromatic carbocycles. The number of hydrogen-bond donors (Lipinski definition) is 0. The number of pyridine rings is 1. The zero-order valence-corrected chi connectivity index (χ0v) is 23.7. The maximum absolute atomic E-state index is 13.3.